The zero-order valence-corrected chi connectivity index (χ0v) is 24.6. The van der Waals surface area contributed by atoms with E-state index in [2.05, 4.69) is 20.9 Å². The van der Waals surface area contributed by atoms with Gasteiger partial charge in [0.1, 0.15) is 21.2 Å². The van der Waals surface area contributed by atoms with Gasteiger partial charge in [-0.15, -0.1) is 11.3 Å². The molecular formula is C32H32N6O4S. The lowest BCUT2D eigenvalue weighted by Crippen LogP contribution is -2.53. The van der Waals surface area contributed by atoms with Crippen LogP contribution in [0.15, 0.2) is 60.8 Å². The van der Waals surface area contributed by atoms with Crippen LogP contribution >= 0.6 is 11.3 Å². The van der Waals surface area contributed by atoms with Crippen molar-refractivity contribution in [3.8, 4) is 11.5 Å². The Balaban J connectivity index is 1.13. The number of nitrogens with zero attached hydrogens (tertiary/aromatic N) is 3. The maximum Gasteiger partial charge on any atom is 0.331 e. The number of aryl methyl sites for hydroxylation is 1. The molecule has 0 saturated carbocycles. The Labute approximate surface area is 253 Å². The zero-order chi connectivity index (χ0) is 29.5. The van der Waals surface area contributed by atoms with Crippen LogP contribution in [0.5, 0.6) is 11.5 Å². The number of ether oxygens (including phenoxy) is 1. The lowest BCUT2D eigenvalue weighted by molar-refractivity contribution is -0.134. The predicted molar refractivity (Wildman–Crippen MR) is 167 cm³/mol. The number of thiophene rings is 1. The van der Waals surface area contributed by atoms with Crippen LogP contribution in [0.1, 0.15) is 40.9 Å². The minimum absolute atomic E-state index is 0.115. The van der Waals surface area contributed by atoms with Crippen molar-refractivity contribution in [2.24, 2.45) is 0 Å². The number of para-hydroxylation sites is 1. The lowest BCUT2D eigenvalue weighted by Gasteiger charge is -2.34. The Morgan fingerprint density at radius 2 is 1.91 bits per heavy atom. The van der Waals surface area contributed by atoms with Crippen molar-refractivity contribution in [2.75, 3.05) is 29.9 Å². The van der Waals surface area contributed by atoms with Gasteiger partial charge in [0, 0.05) is 25.3 Å². The first-order chi connectivity index (χ1) is 21.0. The Kier molecular flexibility index (Phi) is 7.20. The molecule has 3 aliphatic rings. The van der Waals surface area contributed by atoms with Crippen molar-refractivity contribution in [2.45, 2.75) is 44.7 Å². The highest BCUT2D eigenvalue weighted by molar-refractivity contribution is 7.21. The highest BCUT2D eigenvalue weighted by Crippen LogP contribution is 2.46. The number of hydrogen-bond donors (Lipinski definition) is 3. The molecule has 43 heavy (non-hydrogen) atoms. The van der Waals surface area contributed by atoms with E-state index in [1.165, 1.54) is 11.3 Å². The molecule has 0 bridgehead atoms. The van der Waals surface area contributed by atoms with Gasteiger partial charge in [-0.3, -0.25) is 14.5 Å². The average Bonchev–Trinajstić information content (AvgIpc) is 3.68. The molecule has 2 fully saturated rings. The summed E-state index contributed by atoms with van der Waals surface area (Å²) < 4.78 is 5.98. The van der Waals surface area contributed by atoms with Gasteiger partial charge in [-0.2, -0.15) is 0 Å². The molecule has 0 aliphatic carbocycles. The molecular weight excluding hydrogens is 564 g/mol. The van der Waals surface area contributed by atoms with Crippen LogP contribution in [-0.4, -0.2) is 59.4 Å². The third-order valence-corrected chi connectivity index (χ3v) is 9.36. The number of carbonyl (C=O) groups excluding carboxylic acids is 3. The maximum absolute atomic E-state index is 13.6. The van der Waals surface area contributed by atoms with Gasteiger partial charge in [0.15, 0.2) is 0 Å². The number of nitrogens with one attached hydrogen (secondary N) is 3. The molecule has 3 aliphatic heterocycles. The lowest BCUT2D eigenvalue weighted by atomic mass is 10.0. The standard InChI is InChI=1S/C32H32N6O4S/c1-19-17-22(42-21-8-3-2-4-9-21)11-12-24(19)38-25-13-15-34-30-26(25)27(36-32(38)41)28(43-30)29(39)35-20-7-6-16-37(18-20)31(40)23-10-5-14-33-23/h2-4,8-9,11-13,15,17,20,23,33H,5-7,10,14,16,18H2,1H3,(H,35,39)(H,36,41)/t20-,23-/m1/s1. The van der Waals surface area contributed by atoms with Gasteiger partial charge in [0.25, 0.3) is 5.91 Å². The van der Waals surface area contributed by atoms with E-state index in [1.807, 2.05) is 60.4 Å². The van der Waals surface area contributed by atoms with Crippen LogP contribution in [0.25, 0.3) is 10.2 Å². The second kappa shape index (κ2) is 11.3. The third-order valence-electron chi connectivity index (χ3n) is 8.27. The van der Waals surface area contributed by atoms with Crippen LogP contribution in [-0.2, 0) is 4.79 Å². The average molecular weight is 597 g/mol. The SMILES string of the molecule is Cc1cc(Oc2ccccc2)ccc1N1C(=O)Nc2c(C(=O)N[C@@H]3CCCN(C(=O)[C@H]4CCCN4)C3)sc3nccc1c23. The highest BCUT2D eigenvalue weighted by Gasteiger charge is 2.35. The Morgan fingerprint density at radius 3 is 2.70 bits per heavy atom. The molecule has 0 spiro atoms. The molecule has 2 saturated heterocycles. The van der Waals surface area contributed by atoms with Gasteiger partial charge in [-0.05, 0) is 81.1 Å². The number of piperidine rings is 1. The van der Waals surface area contributed by atoms with E-state index < -0.39 is 0 Å². The molecule has 2 atom stereocenters. The first-order valence-electron chi connectivity index (χ1n) is 14.7. The summed E-state index contributed by atoms with van der Waals surface area (Å²) in [5.41, 5.74) is 2.70. The normalized spacial score (nSPS) is 19.8. The van der Waals surface area contributed by atoms with Gasteiger partial charge in [-0.25, -0.2) is 9.78 Å². The van der Waals surface area contributed by atoms with E-state index in [1.54, 1.807) is 17.2 Å². The van der Waals surface area contributed by atoms with Crippen molar-refractivity contribution in [3.05, 3.63) is 71.2 Å². The van der Waals surface area contributed by atoms with Crippen LogP contribution in [0.2, 0.25) is 0 Å². The van der Waals surface area contributed by atoms with E-state index >= 15 is 0 Å². The predicted octanol–water partition coefficient (Wildman–Crippen LogP) is 5.55. The number of rotatable bonds is 6. The fraction of sp³-hybridized carbons (Fsp3) is 0.312. The summed E-state index contributed by atoms with van der Waals surface area (Å²) in [4.78, 5) is 49.3. The van der Waals surface area contributed by atoms with Crippen molar-refractivity contribution in [3.63, 3.8) is 0 Å². The van der Waals surface area contributed by atoms with E-state index in [4.69, 9.17) is 4.74 Å². The molecule has 4 aromatic rings. The highest BCUT2D eigenvalue weighted by atomic mass is 32.1. The molecule has 5 heterocycles. The van der Waals surface area contributed by atoms with Gasteiger partial charge < -0.3 is 25.6 Å². The van der Waals surface area contributed by atoms with Crippen molar-refractivity contribution >= 4 is 56.5 Å². The Hall–Kier alpha value is -4.48. The minimum atomic E-state index is -0.356. The molecule has 220 valence electrons. The number of benzene rings is 2. The molecule has 2 aromatic heterocycles. The molecule has 0 unspecified atom stereocenters. The second-order valence-corrected chi connectivity index (χ2v) is 12.2. The number of aromatic nitrogens is 1. The zero-order valence-electron chi connectivity index (χ0n) is 23.8. The van der Waals surface area contributed by atoms with Crippen molar-refractivity contribution in [1.82, 2.24) is 20.5 Å². The summed E-state index contributed by atoms with van der Waals surface area (Å²) in [7, 11) is 0. The summed E-state index contributed by atoms with van der Waals surface area (Å²) in [6.45, 7) is 3.99. The van der Waals surface area contributed by atoms with Crippen molar-refractivity contribution < 1.29 is 19.1 Å². The first-order valence-corrected chi connectivity index (χ1v) is 15.5. The first kappa shape index (κ1) is 27.4. The minimum Gasteiger partial charge on any atom is -0.457 e. The summed E-state index contributed by atoms with van der Waals surface area (Å²) in [5.74, 6) is 1.25. The molecule has 4 amide bonds. The van der Waals surface area contributed by atoms with Gasteiger partial charge >= 0.3 is 6.03 Å². The largest absolute Gasteiger partial charge is 0.457 e. The van der Waals surface area contributed by atoms with E-state index in [0.29, 0.717) is 45.6 Å². The molecule has 0 radical (unpaired) electrons. The van der Waals surface area contributed by atoms with E-state index in [9.17, 15) is 14.4 Å². The monoisotopic (exact) mass is 596 g/mol. The van der Waals surface area contributed by atoms with E-state index in [-0.39, 0.29) is 29.9 Å². The third kappa shape index (κ3) is 5.19. The summed E-state index contributed by atoms with van der Waals surface area (Å²) >= 11 is 1.26. The van der Waals surface area contributed by atoms with Gasteiger partial charge in [-0.1, -0.05) is 18.2 Å². The smallest absolute Gasteiger partial charge is 0.331 e. The fourth-order valence-electron chi connectivity index (χ4n) is 6.21. The van der Waals surface area contributed by atoms with Gasteiger partial charge in [0.05, 0.1) is 28.5 Å². The number of pyridine rings is 1. The number of amides is 4. The molecule has 11 heteroatoms. The number of anilines is 3. The van der Waals surface area contributed by atoms with Crippen LogP contribution < -0.4 is 25.6 Å². The summed E-state index contributed by atoms with van der Waals surface area (Å²) in [6.07, 6.45) is 5.14. The molecule has 3 N–H and O–H groups in total. The number of hydrogen-bond acceptors (Lipinski definition) is 7. The van der Waals surface area contributed by atoms with Gasteiger partial charge in [0.2, 0.25) is 5.91 Å². The second-order valence-electron chi connectivity index (χ2n) is 11.2. The number of urea groups is 1. The molecule has 10 nitrogen and oxygen atoms in total. The molecule has 7 rings (SSSR count). The van der Waals surface area contributed by atoms with Crippen LogP contribution in [0.4, 0.5) is 21.9 Å². The topological polar surface area (TPSA) is 116 Å². The number of carbonyl (C=O) groups is 3. The fourth-order valence-corrected chi connectivity index (χ4v) is 7.23. The summed E-state index contributed by atoms with van der Waals surface area (Å²) in [6, 6.07) is 16.3. The Bertz CT molecular complexity index is 1720. The maximum atomic E-state index is 13.6. The quantitative estimate of drug-likeness (QED) is 0.269. The van der Waals surface area contributed by atoms with Crippen molar-refractivity contribution in [1.29, 1.82) is 0 Å². The summed E-state index contributed by atoms with van der Waals surface area (Å²) in [5, 5.41) is 10.1. The molecule has 2 aromatic carbocycles. The van der Waals surface area contributed by atoms with E-state index in [0.717, 1.165) is 48.9 Å². The number of likely N-dealkylation sites (tertiary alicyclic amines) is 1. The Morgan fingerprint density at radius 1 is 1.05 bits per heavy atom. The van der Waals surface area contributed by atoms with Crippen LogP contribution in [0.3, 0.4) is 0 Å². The van der Waals surface area contributed by atoms with Crippen LogP contribution in [0, 0.1) is 6.92 Å².